The Kier molecular flexibility index (Phi) is 8.18. The van der Waals surface area contributed by atoms with Crippen molar-refractivity contribution < 1.29 is 14.3 Å². The highest BCUT2D eigenvalue weighted by Crippen LogP contribution is 2.45. The monoisotopic (exact) mass is 434 g/mol. The number of nitrogens with one attached hydrogen (secondary N) is 1. The van der Waals surface area contributed by atoms with Crippen LogP contribution in [0.2, 0.25) is 10.0 Å². The van der Waals surface area contributed by atoms with Gasteiger partial charge in [0.05, 0.1) is 48.2 Å². The van der Waals surface area contributed by atoms with Crippen LogP contribution in [0.1, 0.15) is 12.7 Å². The number of hydrogen-bond acceptors (Lipinski definition) is 6. The van der Waals surface area contributed by atoms with Crippen molar-refractivity contribution in [1.82, 2.24) is 20.3 Å². The molecule has 0 fully saturated rings. The van der Waals surface area contributed by atoms with E-state index >= 15 is 0 Å². The van der Waals surface area contributed by atoms with E-state index in [1.807, 2.05) is 6.92 Å². The first-order chi connectivity index (χ1) is 14.0. The largest absolute Gasteiger partial charge is 0.495 e. The van der Waals surface area contributed by atoms with Gasteiger partial charge in [0.15, 0.2) is 0 Å². The Hall–Kier alpha value is -2.90. The van der Waals surface area contributed by atoms with Crippen molar-refractivity contribution in [2.45, 2.75) is 13.5 Å². The summed E-state index contributed by atoms with van der Waals surface area (Å²) in [5, 5.41) is 3.93. The molecule has 1 amide bonds. The summed E-state index contributed by atoms with van der Waals surface area (Å²) >= 11 is 12.9. The van der Waals surface area contributed by atoms with E-state index in [-0.39, 0.29) is 6.54 Å². The number of halogens is 2. The molecule has 1 aromatic carbocycles. The summed E-state index contributed by atoms with van der Waals surface area (Å²) in [6, 6.07) is 3.39. The quantitative estimate of drug-likeness (QED) is 0.455. The third-order valence-electron chi connectivity index (χ3n) is 3.69. The molecule has 9 heteroatoms. The van der Waals surface area contributed by atoms with Crippen LogP contribution in [-0.4, -0.2) is 35.6 Å². The number of nitrogens with zero attached hydrogens (tertiary/aromatic N) is 3. The number of amides is 1. The molecule has 0 saturated carbocycles. The first kappa shape index (κ1) is 22.4. The number of carbonyl (C=O) groups excluding carboxylic acids is 1. The highest BCUT2D eigenvalue weighted by molar-refractivity contribution is 6.41. The predicted molar refractivity (Wildman–Crippen MR) is 115 cm³/mol. The van der Waals surface area contributed by atoms with E-state index < -0.39 is 0 Å². The second-order valence-electron chi connectivity index (χ2n) is 5.61. The number of benzene rings is 1. The molecule has 0 radical (unpaired) electrons. The SMILES string of the molecule is C=CC.COc1cc(OC)c(Cl)c(-c2cc3cnc(CNC=O)nc3cn2)c1Cl. The normalized spacial score (nSPS) is 9.97. The summed E-state index contributed by atoms with van der Waals surface area (Å²) < 4.78 is 10.6. The summed E-state index contributed by atoms with van der Waals surface area (Å²) in [7, 11) is 3.02. The molecule has 2 aromatic heterocycles. The van der Waals surface area contributed by atoms with Gasteiger partial charge in [0.1, 0.15) is 17.3 Å². The van der Waals surface area contributed by atoms with Crippen molar-refractivity contribution in [3.8, 4) is 22.8 Å². The summed E-state index contributed by atoms with van der Waals surface area (Å²) in [6.45, 7) is 5.49. The fraction of sp³-hybridized carbons (Fsp3) is 0.200. The molecule has 0 aliphatic carbocycles. The van der Waals surface area contributed by atoms with Crippen molar-refractivity contribution in [3.63, 3.8) is 0 Å². The maximum absolute atomic E-state index is 10.4. The van der Waals surface area contributed by atoms with Crippen molar-refractivity contribution in [2.24, 2.45) is 0 Å². The van der Waals surface area contributed by atoms with Crippen LogP contribution in [0.3, 0.4) is 0 Å². The Bertz CT molecular complexity index is 1000. The summed E-state index contributed by atoms with van der Waals surface area (Å²) in [5.41, 5.74) is 1.67. The lowest BCUT2D eigenvalue weighted by Gasteiger charge is -2.14. The number of hydrogen-bond donors (Lipinski definition) is 1. The third kappa shape index (κ3) is 5.13. The zero-order valence-corrected chi connectivity index (χ0v) is 17.7. The molecule has 3 aromatic rings. The van der Waals surface area contributed by atoms with Crippen LogP contribution >= 0.6 is 23.2 Å². The Labute approximate surface area is 178 Å². The molecule has 0 spiro atoms. The molecular weight excluding hydrogens is 415 g/mol. The molecule has 0 bridgehead atoms. The number of ether oxygens (including phenoxy) is 2. The molecule has 0 aliphatic heterocycles. The number of rotatable bonds is 6. The zero-order chi connectivity index (χ0) is 21.4. The number of carbonyl (C=O) groups is 1. The van der Waals surface area contributed by atoms with Crippen molar-refractivity contribution in [3.05, 3.63) is 53.1 Å². The molecular formula is C20H20Cl2N4O3. The van der Waals surface area contributed by atoms with E-state index in [2.05, 4.69) is 26.8 Å². The Balaban J connectivity index is 0.000000941. The van der Waals surface area contributed by atoms with Crippen LogP contribution in [-0.2, 0) is 11.3 Å². The van der Waals surface area contributed by atoms with Crippen molar-refractivity contribution >= 4 is 40.5 Å². The molecule has 29 heavy (non-hydrogen) atoms. The Morgan fingerprint density at radius 3 is 2.28 bits per heavy atom. The topological polar surface area (TPSA) is 86.2 Å². The van der Waals surface area contributed by atoms with Crippen LogP contribution in [0.4, 0.5) is 0 Å². The van der Waals surface area contributed by atoms with Crippen LogP contribution in [0.5, 0.6) is 11.5 Å². The third-order valence-corrected chi connectivity index (χ3v) is 4.44. The average Bonchev–Trinajstić information content (AvgIpc) is 2.73. The second kappa shape index (κ2) is 10.6. The van der Waals surface area contributed by atoms with Crippen molar-refractivity contribution in [1.29, 1.82) is 0 Å². The molecule has 152 valence electrons. The van der Waals surface area contributed by atoms with Crippen LogP contribution in [0.25, 0.3) is 22.2 Å². The highest BCUT2D eigenvalue weighted by Gasteiger charge is 2.20. The van der Waals surface area contributed by atoms with E-state index in [0.717, 1.165) is 5.39 Å². The van der Waals surface area contributed by atoms with Gasteiger partial charge in [0, 0.05) is 23.2 Å². The van der Waals surface area contributed by atoms with Gasteiger partial charge in [-0.25, -0.2) is 9.97 Å². The summed E-state index contributed by atoms with van der Waals surface area (Å²) in [5.74, 6) is 1.34. The van der Waals surface area contributed by atoms with E-state index in [4.69, 9.17) is 32.7 Å². The number of allylic oxidation sites excluding steroid dienone is 1. The van der Waals surface area contributed by atoms with Gasteiger partial charge in [-0.3, -0.25) is 9.78 Å². The molecule has 7 nitrogen and oxygen atoms in total. The van der Waals surface area contributed by atoms with Gasteiger partial charge in [-0.05, 0) is 13.0 Å². The molecule has 0 aliphatic rings. The smallest absolute Gasteiger partial charge is 0.207 e. The lowest BCUT2D eigenvalue weighted by Crippen LogP contribution is -2.12. The van der Waals surface area contributed by atoms with Gasteiger partial charge in [0.2, 0.25) is 6.41 Å². The molecule has 0 unspecified atom stereocenters. The maximum Gasteiger partial charge on any atom is 0.207 e. The molecule has 0 saturated heterocycles. The van der Waals surface area contributed by atoms with Gasteiger partial charge in [0.25, 0.3) is 0 Å². The number of methoxy groups -OCH3 is 2. The van der Waals surface area contributed by atoms with Crippen molar-refractivity contribution in [2.75, 3.05) is 14.2 Å². The molecule has 0 atom stereocenters. The first-order valence-corrected chi connectivity index (χ1v) is 9.22. The number of pyridine rings is 1. The van der Waals surface area contributed by atoms with Gasteiger partial charge in [-0.1, -0.05) is 29.3 Å². The highest BCUT2D eigenvalue weighted by atomic mass is 35.5. The van der Waals surface area contributed by atoms with Gasteiger partial charge >= 0.3 is 0 Å². The number of fused-ring (bicyclic) bond motifs is 1. The van der Waals surface area contributed by atoms with Crippen LogP contribution in [0.15, 0.2) is 37.2 Å². The van der Waals surface area contributed by atoms with Crippen LogP contribution < -0.4 is 14.8 Å². The molecule has 2 heterocycles. The minimum atomic E-state index is 0.242. The summed E-state index contributed by atoms with van der Waals surface area (Å²) in [4.78, 5) is 23.4. The maximum atomic E-state index is 10.4. The van der Waals surface area contributed by atoms with E-state index in [1.54, 1.807) is 30.6 Å². The first-order valence-electron chi connectivity index (χ1n) is 8.46. The Morgan fingerprint density at radius 2 is 1.72 bits per heavy atom. The fourth-order valence-electron chi connectivity index (χ4n) is 2.44. The van der Waals surface area contributed by atoms with Gasteiger partial charge < -0.3 is 14.8 Å². The Morgan fingerprint density at radius 1 is 1.10 bits per heavy atom. The van der Waals surface area contributed by atoms with Crippen LogP contribution in [0, 0.1) is 0 Å². The lowest BCUT2D eigenvalue weighted by atomic mass is 10.1. The average molecular weight is 435 g/mol. The van der Waals surface area contributed by atoms with E-state index in [1.165, 1.54) is 14.2 Å². The minimum absolute atomic E-state index is 0.242. The minimum Gasteiger partial charge on any atom is -0.495 e. The fourth-order valence-corrected chi connectivity index (χ4v) is 3.13. The van der Waals surface area contributed by atoms with E-state index in [0.29, 0.717) is 50.6 Å². The van der Waals surface area contributed by atoms with Gasteiger partial charge in [-0.2, -0.15) is 0 Å². The lowest BCUT2D eigenvalue weighted by molar-refractivity contribution is -0.109. The number of aromatic nitrogens is 3. The zero-order valence-electron chi connectivity index (χ0n) is 16.2. The van der Waals surface area contributed by atoms with Gasteiger partial charge in [-0.15, -0.1) is 6.58 Å². The molecule has 3 rings (SSSR count). The predicted octanol–water partition coefficient (Wildman–Crippen LogP) is 4.45. The molecule has 1 N–H and O–H groups in total. The second-order valence-corrected chi connectivity index (χ2v) is 6.36. The summed E-state index contributed by atoms with van der Waals surface area (Å²) in [6.07, 6.45) is 5.58. The standard InChI is InChI=1S/C17H14Cl2N4O3.C3H6/c1-25-12-4-13(26-2)17(19)15(16(12)18)10-3-9-5-22-14(7-20-8-24)23-11(9)6-21-10;1-3-2/h3-6,8H,7H2,1-2H3,(H,20,24);3H,1H2,2H3. The van der Waals surface area contributed by atoms with E-state index in [9.17, 15) is 4.79 Å².